The Kier molecular flexibility index (Phi) is 21.0. The first-order chi connectivity index (χ1) is 48.9. The van der Waals surface area contributed by atoms with Crippen LogP contribution in [0.3, 0.4) is 0 Å². The van der Waals surface area contributed by atoms with E-state index < -0.39 is 159 Å². The molecule has 103 heavy (non-hydrogen) atoms. The molecule has 542 valence electrons. The SMILES string of the molecule is C=C(NC(=O)c1csc(-c2nc3c(cc2O)-c2nc(cs2)C(=O)N[C@@H]([C@@H](C)O)C(=O)N/C(=C(\C)OC)c2nc(cs2)C(=O)N[C@@H]2c4nc(cs4)C(=O)N[C@@H](COC(=O)c4c5c6c(cccc6n4COP(=O)(O)O)COC(=O)[C@@H](O[C@H]4C[C@](C)(O)C(N(C)C)[C@H](C)O4)[C@H]2OC5)c2nc-3cs2)n1)C(N)=O. The quantitative estimate of drug-likeness (QED) is 0.0359. The molecule has 12 rings (SSSR count). The van der Waals surface area contributed by atoms with Crippen molar-refractivity contribution in [2.45, 2.75) is 115 Å². The number of hydrogen-bond donors (Lipinski definition) is 11. The first-order valence-corrected chi connectivity index (χ1v) is 36.8. The number of nitrogens with two attached hydrogens (primary N) is 1. The zero-order valence-corrected chi connectivity index (χ0v) is 60.0. The maximum Gasteiger partial charge on any atom is 0.471 e. The molecule has 1 unspecified atom stereocenters. The minimum Gasteiger partial charge on any atom is -0.506 e. The topological polar surface area (TPSA) is 491 Å². The van der Waals surface area contributed by atoms with E-state index in [1.807, 2.05) is 0 Å². The number of hydrogen-bond acceptors (Lipinski definition) is 31. The zero-order valence-electron chi connectivity index (χ0n) is 55.0. The van der Waals surface area contributed by atoms with Crippen molar-refractivity contribution in [1.29, 1.82) is 0 Å². The van der Waals surface area contributed by atoms with E-state index in [2.05, 4.69) is 48.1 Å². The van der Waals surface area contributed by atoms with Crippen molar-refractivity contribution < 1.29 is 101 Å². The van der Waals surface area contributed by atoms with Gasteiger partial charge in [-0.05, 0) is 59.5 Å². The Labute approximate surface area is 602 Å². The number of aliphatic hydroxyl groups is 2. The van der Waals surface area contributed by atoms with Gasteiger partial charge in [-0.2, -0.15) is 0 Å². The Morgan fingerprint density at radius 3 is 2.23 bits per heavy atom. The van der Waals surface area contributed by atoms with Gasteiger partial charge in [-0.25, -0.2) is 44.1 Å². The van der Waals surface area contributed by atoms with Crippen LogP contribution in [0.4, 0.5) is 0 Å². The van der Waals surface area contributed by atoms with Gasteiger partial charge >= 0.3 is 19.8 Å². The number of phosphoric acid groups is 1. The number of carbonyl (C=O) groups is 8. The highest BCUT2D eigenvalue weighted by molar-refractivity contribution is 7.46. The number of primary amides is 1. The van der Waals surface area contributed by atoms with E-state index in [9.17, 15) is 48.8 Å². The Bertz CT molecular complexity index is 4840. The average molecular weight is 1530 g/mol. The molecular formula is C62H63N14O21PS5. The molecule has 4 aliphatic heterocycles. The molecule has 4 aliphatic rings. The molecular weight excluding hydrogens is 1470 g/mol. The van der Waals surface area contributed by atoms with Crippen molar-refractivity contribution in [2.75, 3.05) is 27.8 Å². The number of aliphatic hydroxyl groups excluding tert-OH is 1. The van der Waals surface area contributed by atoms with Crippen LogP contribution < -0.4 is 32.3 Å². The van der Waals surface area contributed by atoms with Gasteiger partial charge in [0.1, 0.15) is 132 Å². The molecule has 12 bridgehead atoms. The maximum absolute atomic E-state index is 15.5. The van der Waals surface area contributed by atoms with E-state index in [-0.39, 0.29) is 110 Å². The van der Waals surface area contributed by atoms with Crippen molar-refractivity contribution in [3.8, 4) is 38.4 Å². The number of nitrogens with one attached hydrogen (secondary N) is 5. The highest BCUT2D eigenvalue weighted by Gasteiger charge is 2.50. The molecule has 1 saturated heterocycles. The molecule has 0 saturated carbocycles. The van der Waals surface area contributed by atoms with Gasteiger partial charge in [0.25, 0.3) is 29.5 Å². The molecule has 0 spiro atoms. The number of cyclic esters (lactones) is 2. The van der Waals surface area contributed by atoms with Gasteiger partial charge in [-0.15, -0.1) is 56.7 Å². The molecule has 0 radical (unpaired) electrons. The maximum atomic E-state index is 15.5. The number of methoxy groups -OCH3 is 1. The normalized spacial score (nSPS) is 23.6. The number of benzene rings is 1. The van der Waals surface area contributed by atoms with Gasteiger partial charge in [-0.1, -0.05) is 18.7 Å². The summed E-state index contributed by atoms with van der Waals surface area (Å²) in [5, 5.41) is 54.9. The van der Waals surface area contributed by atoms with Gasteiger partial charge in [0.05, 0.1) is 48.8 Å². The Balaban J connectivity index is 1.06. The van der Waals surface area contributed by atoms with Crippen LogP contribution in [0.15, 0.2) is 69.2 Å². The third-order valence-corrected chi connectivity index (χ3v) is 21.7. The number of carbonyl (C=O) groups excluding carboxylic acids is 8. The van der Waals surface area contributed by atoms with Crippen LogP contribution in [0, 0.1) is 0 Å². The molecule has 35 nitrogen and oxygen atoms in total. The van der Waals surface area contributed by atoms with Crippen molar-refractivity contribution >= 4 is 128 Å². The number of aromatic nitrogens is 7. The Hall–Kier alpha value is -9.23. The summed E-state index contributed by atoms with van der Waals surface area (Å²) in [6.45, 7) is 6.32. The lowest BCUT2D eigenvalue weighted by Crippen LogP contribution is -2.62. The van der Waals surface area contributed by atoms with Crippen molar-refractivity contribution in [3.05, 3.63) is 124 Å². The second kappa shape index (κ2) is 29.5. The third kappa shape index (κ3) is 15.3. The molecule has 1 aromatic carbocycles. The monoisotopic (exact) mass is 1530 g/mol. The molecule has 0 aliphatic carbocycles. The third-order valence-electron chi connectivity index (χ3n) is 16.8. The van der Waals surface area contributed by atoms with Crippen LogP contribution in [0.1, 0.15) is 125 Å². The van der Waals surface area contributed by atoms with E-state index in [1.54, 1.807) is 38.9 Å². The number of allylic oxidation sites excluding steroid dienone is 1. The number of fused-ring (bicyclic) bond motifs is 15. The molecule has 41 heteroatoms. The van der Waals surface area contributed by atoms with E-state index in [4.69, 9.17) is 53.6 Å². The van der Waals surface area contributed by atoms with Crippen LogP contribution >= 0.6 is 64.5 Å². The summed E-state index contributed by atoms with van der Waals surface area (Å²) in [6.07, 6.45) is -7.90. The standard InChI is InChI=1S/C62H63N14O21PS5/c1-23(49(63)79)64-50(80)32-19-102-58(69-32)43-37(78)12-28-42(71-43)31-17-100-56(66-31)30-16-94-60(85)45-29-15-92-46(47(97-38-13-62(5,87)48(75(6)7)26(4)96-38)61(86)93-14-27-10-9-11-36(39(27)29)76(45)22-95-98(88,89)90)44(59-70-33(20-103-59)51(81)65-30)74-53(83)35-21-101-57(68-35)41(25(3)91-8)73-54(84)40(24(2)77)72-52(82)34-18-99-55(28)67-34/h9-12,17-21,24,26,30,38,40,44,46-48,77-78,87H,1,13-16,22H2,2-8H3,(H2,63,79)(H,64,80)(H,65,81)(H,72,82)(H,73,84)(H,74,83)(H2,88,89,90)/b41-25+/t24-,26+,30+,38+,40+,44+,46+,47+,48?,62+/m1/s1. The summed E-state index contributed by atoms with van der Waals surface area (Å²) >= 11 is 4.29. The number of aromatic hydroxyl groups is 1. The lowest BCUT2D eigenvalue weighted by atomic mass is 9.85. The zero-order chi connectivity index (χ0) is 73.8. The van der Waals surface area contributed by atoms with Crippen molar-refractivity contribution in [2.24, 2.45) is 5.73 Å². The molecule has 1 fully saturated rings. The summed E-state index contributed by atoms with van der Waals surface area (Å²) in [5.74, 6) is -8.64. The van der Waals surface area contributed by atoms with Gasteiger partial charge in [0.15, 0.2) is 12.4 Å². The van der Waals surface area contributed by atoms with Gasteiger partial charge in [0.2, 0.25) is 5.91 Å². The molecule has 7 aromatic heterocycles. The van der Waals surface area contributed by atoms with Crippen LogP contribution in [-0.4, -0.2) is 188 Å². The predicted octanol–water partition coefficient (Wildman–Crippen LogP) is 3.72. The summed E-state index contributed by atoms with van der Waals surface area (Å²) < 4.78 is 56.6. The highest BCUT2D eigenvalue weighted by atomic mass is 32.1. The van der Waals surface area contributed by atoms with E-state index >= 15 is 19.2 Å². The summed E-state index contributed by atoms with van der Waals surface area (Å²) in [7, 11) is -0.583. The highest BCUT2D eigenvalue weighted by Crippen LogP contribution is 2.44. The molecule has 6 amide bonds. The van der Waals surface area contributed by atoms with Gasteiger partial charge in [0, 0.05) is 49.8 Å². The molecule has 11 heterocycles. The second-order valence-corrected chi connectivity index (χ2v) is 29.8. The number of likely N-dealkylation sites (N-methyl/N-ethyl adjacent to an activating group) is 1. The fraction of sp³-hybridized carbons (Fsp3) is 0.355. The number of amides is 6. The minimum absolute atomic E-state index is 0.00342. The van der Waals surface area contributed by atoms with Gasteiger partial charge in [-0.3, -0.25) is 33.3 Å². The van der Waals surface area contributed by atoms with Crippen molar-refractivity contribution in [1.82, 2.24) is 66.0 Å². The number of rotatable bonds is 12. The van der Waals surface area contributed by atoms with Crippen LogP contribution in [0.2, 0.25) is 0 Å². The second-order valence-electron chi connectivity index (χ2n) is 24.2. The lowest BCUT2D eigenvalue weighted by molar-refractivity contribution is -0.280. The van der Waals surface area contributed by atoms with Gasteiger partial charge < -0.3 is 95.3 Å². The number of esters is 2. The smallest absolute Gasteiger partial charge is 0.471 e. The fourth-order valence-corrected chi connectivity index (χ4v) is 16.6. The van der Waals surface area contributed by atoms with Crippen molar-refractivity contribution in [3.63, 3.8) is 0 Å². The van der Waals surface area contributed by atoms with Crippen LogP contribution in [0.5, 0.6) is 5.75 Å². The molecule has 10 atom stereocenters. The average Bonchev–Trinajstić information content (AvgIpc) is 1.67. The summed E-state index contributed by atoms with van der Waals surface area (Å²) in [6, 6.07) is 0.274. The number of ether oxygens (including phenoxy) is 6. The largest absolute Gasteiger partial charge is 0.506 e. The van der Waals surface area contributed by atoms with E-state index in [0.29, 0.717) is 0 Å². The summed E-state index contributed by atoms with van der Waals surface area (Å²) in [4.78, 5) is 165. The predicted molar refractivity (Wildman–Crippen MR) is 366 cm³/mol. The summed E-state index contributed by atoms with van der Waals surface area (Å²) in [5.41, 5.74) is 1.54. The fourth-order valence-electron chi connectivity index (χ4n) is 12.1. The Morgan fingerprint density at radius 1 is 0.874 bits per heavy atom. The lowest BCUT2D eigenvalue weighted by Gasteiger charge is -2.48. The van der Waals surface area contributed by atoms with Crippen LogP contribution in [0.25, 0.3) is 49.3 Å². The van der Waals surface area contributed by atoms with E-state index in [0.717, 1.165) is 61.3 Å². The first-order valence-electron chi connectivity index (χ1n) is 30.8. The number of nitrogens with zero attached hydrogens (tertiary/aromatic N) is 8. The first kappa shape index (κ1) is 73.5. The number of pyridine rings is 1. The minimum atomic E-state index is -5.36. The number of thiazole rings is 5. The van der Waals surface area contributed by atoms with Crippen LogP contribution in [-0.2, 0) is 71.8 Å². The number of phosphoric ester groups is 1. The Morgan fingerprint density at radius 2 is 1.53 bits per heavy atom. The molecule has 8 aromatic rings. The van der Waals surface area contributed by atoms with E-state index in [1.165, 1.54) is 66.1 Å². The molecule has 12 N–H and O–H groups in total.